The molecule has 3 rings (SSSR count). The minimum Gasteiger partial charge on any atom is -0.491 e. The van der Waals surface area contributed by atoms with Gasteiger partial charge in [-0.2, -0.15) is 4.39 Å². The molecule has 1 saturated heterocycles. The highest BCUT2D eigenvalue weighted by Crippen LogP contribution is 2.35. The summed E-state index contributed by atoms with van der Waals surface area (Å²) < 4.78 is 54.6. The van der Waals surface area contributed by atoms with Crippen molar-refractivity contribution in [2.24, 2.45) is 0 Å². The summed E-state index contributed by atoms with van der Waals surface area (Å²) in [5, 5.41) is 0. The predicted octanol–water partition coefficient (Wildman–Crippen LogP) is 7.79. The van der Waals surface area contributed by atoms with E-state index in [4.69, 9.17) is 9.47 Å². The Kier molecular flexibility index (Phi) is 8.82. The summed E-state index contributed by atoms with van der Waals surface area (Å²) in [7, 11) is 0. The van der Waals surface area contributed by atoms with Crippen LogP contribution < -0.4 is 4.74 Å². The first kappa shape index (κ1) is 23.6. The second kappa shape index (κ2) is 11.6. The van der Waals surface area contributed by atoms with E-state index in [1.54, 1.807) is 19.1 Å². The Balaban J connectivity index is 1.61. The maximum absolute atomic E-state index is 14.9. The molecular formula is C26H33F3O2. The van der Waals surface area contributed by atoms with Crippen LogP contribution in [0, 0.1) is 17.5 Å². The zero-order chi connectivity index (χ0) is 22.2. The van der Waals surface area contributed by atoms with E-state index in [1.165, 1.54) is 50.3 Å². The van der Waals surface area contributed by atoms with Gasteiger partial charge in [-0.05, 0) is 55.5 Å². The maximum Gasteiger partial charge on any atom is 0.201 e. The fraction of sp³-hybridized carbons (Fsp3) is 0.538. The lowest BCUT2D eigenvalue weighted by Gasteiger charge is -2.29. The van der Waals surface area contributed by atoms with E-state index < -0.39 is 17.5 Å². The number of benzene rings is 2. The van der Waals surface area contributed by atoms with Crippen LogP contribution in [0.3, 0.4) is 0 Å². The summed E-state index contributed by atoms with van der Waals surface area (Å²) >= 11 is 0. The summed E-state index contributed by atoms with van der Waals surface area (Å²) in [4.78, 5) is 0. The fourth-order valence-corrected chi connectivity index (χ4v) is 4.30. The summed E-state index contributed by atoms with van der Waals surface area (Å²) in [6.07, 6.45) is 9.38. The molecule has 31 heavy (non-hydrogen) atoms. The minimum absolute atomic E-state index is 0.00713. The Morgan fingerprint density at radius 2 is 1.74 bits per heavy atom. The van der Waals surface area contributed by atoms with Crippen molar-refractivity contribution in [3.63, 3.8) is 0 Å². The average Bonchev–Trinajstić information content (AvgIpc) is 2.77. The third-order valence-corrected chi connectivity index (χ3v) is 6.10. The Bertz CT molecular complexity index is 845. The van der Waals surface area contributed by atoms with Gasteiger partial charge in [-0.1, -0.05) is 51.2 Å². The van der Waals surface area contributed by atoms with Gasteiger partial charge in [-0.15, -0.1) is 0 Å². The van der Waals surface area contributed by atoms with E-state index in [2.05, 4.69) is 6.92 Å². The van der Waals surface area contributed by atoms with Crippen LogP contribution in [-0.2, 0) is 4.74 Å². The van der Waals surface area contributed by atoms with Crippen LogP contribution in [0.4, 0.5) is 13.2 Å². The van der Waals surface area contributed by atoms with Gasteiger partial charge in [0.1, 0.15) is 5.82 Å². The molecule has 0 aliphatic carbocycles. The molecule has 2 unspecified atom stereocenters. The Labute approximate surface area is 183 Å². The van der Waals surface area contributed by atoms with Crippen molar-refractivity contribution >= 4 is 0 Å². The standard InChI is InChI=1S/C26H33F3O2/c1-3-5-6-7-8-9-20-12-10-19(17-31-20)21-13-11-18(16-23(21)27)22-14-15-24(30-4-2)26(29)25(22)28/h11,13-16,19-20H,3-10,12,17H2,1-2H3. The van der Waals surface area contributed by atoms with Crippen LogP contribution in [0.5, 0.6) is 5.75 Å². The molecule has 170 valence electrons. The normalized spacial score (nSPS) is 18.9. The molecule has 2 atom stereocenters. The quantitative estimate of drug-likeness (QED) is 0.355. The van der Waals surface area contributed by atoms with E-state index in [9.17, 15) is 13.2 Å². The number of halogens is 3. The van der Waals surface area contributed by atoms with Crippen molar-refractivity contribution in [2.75, 3.05) is 13.2 Å². The third-order valence-electron chi connectivity index (χ3n) is 6.10. The first-order valence-corrected chi connectivity index (χ1v) is 11.6. The molecule has 0 spiro atoms. The summed E-state index contributed by atoms with van der Waals surface area (Å²) in [5.74, 6) is -2.63. The van der Waals surface area contributed by atoms with E-state index in [0.29, 0.717) is 17.7 Å². The molecule has 0 N–H and O–H groups in total. The number of hydrogen-bond donors (Lipinski definition) is 0. The van der Waals surface area contributed by atoms with Gasteiger partial charge in [-0.25, -0.2) is 8.78 Å². The van der Waals surface area contributed by atoms with Gasteiger partial charge < -0.3 is 9.47 Å². The third kappa shape index (κ3) is 6.03. The fourth-order valence-electron chi connectivity index (χ4n) is 4.30. The zero-order valence-corrected chi connectivity index (χ0v) is 18.6. The number of unbranched alkanes of at least 4 members (excludes halogenated alkanes) is 4. The van der Waals surface area contributed by atoms with Crippen LogP contribution in [0.2, 0.25) is 0 Å². The maximum atomic E-state index is 14.9. The largest absolute Gasteiger partial charge is 0.491 e. The van der Waals surface area contributed by atoms with Crippen LogP contribution in [-0.4, -0.2) is 19.3 Å². The van der Waals surface area contributed by atoms with E-state index in [1.807, 2.05) is 0 Å². The van der Waals surface area contributed by atoms with E-state index in [0.717, 1.165) is 19.3 Å². The molecule has 5 heteroatoms. The second-order valence-corrected chi connectivity index (χ2v) is 8.34. The molecule has 0 aromatic heterocycles. The minimum atomic E-state index is -1.05. The van der Waals surface area contributed by atoms with Crippen molar-refractivity contribution < 1.29 is 22.6 Å². The van der Waals surface area contributed by atoms with E-state index >= 15 is 0 Å². The van der Waals surface area contributed by atoms with Gasteiger partial charge >= 0.3 is 0 Å². The summed E-state index contributed by atoms with van der Waals surface area (Å²) in [6.45, 7) is 4.65. The molecule has 0 amide bonds. The smallest absolute Gasteiger partial charge is 0.201 e. The molecule has 1 aliphatic heterocycles. The first-order valence-electron chi connectivity index (χ1n) is 11.6. The monoisotopic (exact) mass is 434 g/mol. The van der Waals surface area contributed by atoms with E-state index in [-0.39, 0.29) is 29.9 Å². The Hall–Kier alpha value is -2.01. The molecule has 1 fully saturated rings. The van der Waals surface area contributed by atoms with Crippen molar-refractivity contribution in [3.8, 4) is 16.9 Å². The van der Waals surface area contributed by atoms with Gasteiger partial charge in [0.05, 0.1) is 19.3 Å². The van der Waals surface area contributed by atoms with Crippen molar-refractivity contribution in [3.05, 3.63) is 53.3 Å². The highest BCUT2D eigenvalue weighted by molar-refractivity contribution is 5.66. The van der Waals surface area contributed by atoms with Gasteiger partial charge in [0.15, 0.2) is 11.6 Å². The first-order chi connectivity index (χ1) is 15.0. The molecule has 1 aliphatic rings. The number of ether oxygens (including phenoxy) is 2. The molecule has 0 saturated carbocycles. The lowest BCUT2D eigenvalue weighted by Crippen LogP contribution is -2.25. The molecule has 2 nitrogen and oxygen atoms in total. The van der Waals surface area contributed by atoms with Gasteiger partial charge in [0.2, 0.25) is 5.82 Å². The van der Waals surface area contributed by atoms with Crippen molar-refractivity contribution in [2.45, 2.75) is 77.2 Å². The zero-order valence-electron chi connectivity index (χ0n) is 18.6. The summed E-state index contributed by atoms with van der Waals surface area (Å²) in [6, 6.07) is 7.41. The van der Waals surface area contributed by atoms with Crippen LogP contribution in [0.25, 0.3) is 11.1 Å². The lowest BCUT2D eigenvalue weighted by atomic mass is 9.88. The molecule has 2 aromatic rings. The molecule has 2 aromatic carbocycles. The molecule has 0 bridgehead atoms. The van der Waals surface area contributed by atoms with Crippen molar-refractivity contribution in [1.82, 2.24) is 0 Å². The van der Waals surface area contributed by atoms with Gasteiger partial charge in [-0.3, -0.25) is 0 Å². The molecule has 1 heterocycles. The second-order valence-electron chi connectivity index (χ2n) is 8.34. The molecular weight excluding hydrogens is 401 g/mol. The Morgan fingerprint density at radius 3 is 2.42 bits per heavy atom. The highest BCUT2D eigenvalue weighted by atomic mass is 19.2. The molecule has 0 radical (unpaired) electrons. The SMILES string of the molecule is CCCCCCCC1CCC(c2ccc(-c3ccc(OCC)c(F)c3F)cc2F)CO1. The summed E-state index contributed by atoms with van der Waals surface area (Å²) in [5.41, 5.74) is 0.911. The van der Waals surface area contributed by atoms with Gasteiger partial charge in [0.25, 0.3) is 0 Å². The number of rotatable bonds is 10. The average molecular weight is 435 g/mol. The predicted molar refractivity (Wildman–Crippen MR) is 118 cm³/mol. The van der Waals surface area contributed by atoms with Crippen LogP contribution >= 0.6 is 0 Å². The van der Waals surface area contributed by atoms with Crippen molar-refractivity contribution in [1.29, 1.82) is 0 Å². The van der Waals surface area contributed by atoms with Crippen LogP contribution in [0.1, 0.15) is 76.7 Å². The topological polar surface area (TPSA) is 18.5 Å². The Morgan fingerprint density at radius 1 is 0.935 bits per heavy atom. The van der Waals surface area contributed by atoms with Gasteiger partial charge in [0, 0.05) is 11.5 Å². The lowest BCUT2D eigenvalue weighted by molar-refractivity contribution is -0.00273. The van der Waals surface area contributed by atoms with Crippen LogP contribution in [0.15, 0.2) is 30.3 Å². The highest BCUT2D eigenvalue weighted by Gasteiger charge is 2.25. The number of hydrogen-bond acceptors (Lipinski definition) is 2.